The zero-order chi connectivity index (χ0) is 56.8. The Hall–Kier alpha value is -6.33. The lowest BCUT2D eigenvalue weighted by atomic mass is 9.84. The van der Waals surface area contributed by atoms with E-state index in [0.717, 1.165) is 36.0 Å². The average molecular weight is 1110 g/mol. The van der Waals surface area contributed by atoms with E-state index < -0.39 is 64.9 Å². The molecule has 0 spiro atoms. The van der Waals surface area contributed by atoms with Crippen molar-refractivity contribution < 1.29 is 33.6 Å². The molecule has 0 aromatic heterocycles. The summed E-state index contributed by atoms with van der Waals surface area (Å²) in [5.74, 6) is -2.63. The molecule has 418 valence electrons. The highest BCUT2D eigenvalue weighted by molar-refractivity contribution is 6.42. The summed E-state index contributed by atoms with van der Waals surface area (Å²) in [5, 5.41) is 18.7. The lowest BCUT2D eigenvalue weighted by Gasteiger charge is -2.42. The van der Waals surface area contributed by atoms with Gasteiger partial charge in [0, 0.05) is 44.2 Å². The van der Waals surface area contributed by atoms with E-state index in [1.165, 1.54) is 10.5 Å². The predicted molar refractivity (Wildman–Crippen MR) is 303 cm³/mol. The van der Waals surface area contributed by atoms with Gasteiger partial charge in [-0.05, 0) is 116 Å². The number of nitrogens with zero attached hydrogens (tertiary/aromatic N) is 3. The van der Waals surface area contributed by atoms with Gasteiger partial charge in [-0.2, -0.15) is 0 Å². The van der Waals surface area contributed by atoms with Crippen molar-refractivity contribution in [1.82, 2.24) is 46.6 Å². The topological polar surface area (TPSA) is 201 Å². The molecule has 3 aliphatic rings. The second-order valence-electron chi connectivity index (χ2n) is 23.3. The molecule has 18 heteroatoms. The third-order valence-electron chi connectivity index (χ3n) is 15.5. The molecule has 6 N–H and O–H groups in total. The summed E-state index contributed by atoms with van der Waals surface area (Å²) in [6.07, 6.45) is 2.91. The minimum atomic E-state index is -0.979. The number of carbonyl (C=O) groups excluding carboxylic acids is 7. The molecule has 4 aromatic carbocycles. The van der Waals surface area contributed by atoms with Crippen molar-refractivity contribution in [3.05, 3.63) is 140 Å². The predicted octanol–water partition coefficient (Wildman–Crippen LogP) is 6.65. The van der Waals surface area contributed by atoms with Crippen LogP contribution >= 0.6 is 23.2 Å². The monoisotopic (exact) mass is 1110 g/mol. The van der Waals surface area contributed by atoms with Crippen molar-refractivity contribution in [3.8, 4) is 0 Å². The lowest BCUT2D eigenvalue weighted by molar-refractivity contribution is -0.151. The normalized spacial score (nSPS) is 19.7. The summed E-state index contributed by atoms with van der Waals surface area (Å²) in [6, 6.07) is 21.9. The minimum absolute atomic E-state index is 0.0261. The lowest BCUT2D eigenvalue weighted by Crippen LogP contribution is -2.62. The first kappa shape index (κ1) is 59.3. The van der Waals surface area contributed by atoms with Crippen LogP contribution in [0.3, 0.4) is 0 Å². The van der Waals surface area contributed by atoms with Gasteiger partial charge in [0.2, 0.25) is 35.4 Å². The number of fused-ring (bicyclic) bond motifs is 2. The molecule has 4 aromatic rings. The van der Waals surface area contributed by atoms with Gasteiger partial charge in [-0.25, -0.2) is 0 Å². The zero-order valence-corrected chi connectivity index (χ0v) is 48.1. The minimum Gasteiger partial charge on any atom is -0.347 e. The molecule has 1 saturated heterocycles. The van der Waals surface area contributed by atoms with Crippen molar-refractivity contribution in [3.63, 3.8) is 0 Å². The summed E-state index contributed by atoms with van der Waals surface area (Å²) < 4.78 is 0. The van der Waals surface area contributed by atoms with Gasteiger partial charge in [0.1, 0.15) is 24.2 Å². The fourth-order valence-corrected chi connectivity index (χ4v) is 10.9. The van der Waals surface area contributed by atoms with Gasteiger partial charge in [-0.1, -0.05) is 138 Å². The second-order valence-corrected chi connectivity index (χ2v) is 24.0. The van der Waals surface area contributed by atoms with Crippen molar-refractivity contribution in [1.29, 1.82) is 0 Å². The van der Waals surface area contributed by atoms with Gasteiger partial charge < -0.3 is 46.6 Å². The Labute approximate surface area is 469 Å². The third-order valence-corrected chi connectivity index (χ3v) is 16.3. The molecule has 0 bridgehead atoms. The number of amides is 7. The zero-order valence-electron chi connectivity index (χ0n) is 46.6. The number of hydrogen-bond donors (Lipinski definition) is 6. The molecule has 1 fully saturated rings. The average Bonchev–Trinajstić information content (AvgIpc) is 3.89. The van der Waals surface area contributed by atoms with Crippen LogP contribution in [0, 0.1) is 10.8 Å². The van der Waals surface area contributed by atoms with Crippen molar-refractivity contribution >= 4 is 64.6 Å². The maximum atomic E-state index is 15.4. The molecule has 2 heterocycles. The van der Waals surface area contributed by atoms with Gasteiger partial charge >= 0.3 is 0 Å². The van der Waals surface area contributed by atoms with E-state index in [-0.39, 0.29) is 79.6 Å². The summed E-state index contributed by atoms with van der Waals surface area (Å²) >= 11 is 13.3. The fourth-order valence-electron chi connectivity index (χ4n) is 10.6. The van der Waals surface area contributed by atoms with Crippen LogP contribution in [0.5, 0.6) is 0 Å². The number of nitrogens with one attached hydrogen (secondary N) is 6. The second kappa shape index (κ2) is 25.2. The Morgan fingerprint density at radius 2 is 1.24 bits per heavy atom. The van der Waals surface area contributed by atoms with Crippen LogP contribution in [-0.2, 0) is 61.2 Å². The van der Waals surface area contributed by atoms with Crippen LogP contribution in [-0.4, -0.2) is 119 Å². The van der Waals surface area contributed by atoms with Gasteiger partial charge in [-0.15, -0.1) is 0 Å². The first-order valence-electron chi connectivity index (χ1n) is 27.0. The Kier molecular flexibility index (Phi) is 19.2. The van der Waals surface area contributed by atoms with Gasteiger partial charge in [-0.3, -0.25) is 33.6 Å². The number of likely N-dealkylation sites (tertiary alicyclic amines) is 1. The molecule has 1 aliphatic carbocycles. The Morgan fingerprint density at radius 3 is 1.85 bits per heavy atom. The van der Waals surface area contributed by atoms with Crippen LogP contribution < -0.4 is 31.9 Å². The molecule has 2 unspecified atom stereocenters. The van der Waals surface area contributed by atoms with Crippen molar-refractivity contribution in [2.24, 2.45) is 10.8 Å². The summed E-state index contributed by atoms with van der Waals surface area (Å²) in [7, 11) is 3.33. The quantitative estimate of drug-likeness (QED) is 0.0670. The molecular weight excluding hydrogens is 1030 g/mol. The van der Waals surface area contributed by atoms with E-state index in [1.54, 1.807) is 80.2 Å². The van der Waals surface area contributed by atoms with E-state index in [9.17, 15) is 28.8 Å². The van der Waals surface area contributed by atoms with E-state index in [1.807, 2.05) is 84.0 Å². The number of rotatable bonds is 17. The summed E-state index contributed by atoms with van der Waals surface area (Å²) in [6.45, 7) is 14.9. The molecule has 0 radical (unpaired) electrons. The molecule has 8 atom stereocenters. The number of benzene rings is 4. The smallest absolute Gasteiger partial charge is 0.251 e. The van der Waals surface area contributed by atoms with Crippen LogP contribution in [0.15, 0.2) is 91.0 Å². The Bertz CT molecular complexity index is 2870. The first-order chi connectivity index (χ1) is 36.9. The van der Waals surface area contributed by atoms with E-state index in [4.69, 9.17) is 23.2 Å². The van der Waals surface area contributed by atoms with Gasteiger partial charge in [0.05, 0.1) is 28.2 Å². The highest BCUT2D eigenvalue weighted by Gasteiger charge is 2.47. The molecule has 16 nitrogen and oxygen atoms in total. The third kappa shape index (κ3) is 13.9. The van der Waals surface area contributed by atoms with Gasteiger partial charge in [0.25, 0.3) is 5.91 Å². The maximum absolute atomic E-state index is 15.4. The Balaban J connectivity index is 1.14. The van der Waals surface area contributed by atoms with Gasteiger partial charge in [0.15, 0.2) is 0 Å². The first-order valence-corrected chi connectivity index (χ1v) is 27.8. The molecule has 0 saturated carbocycles. The largest absolute Gasteiger partial charge is 0.347 e. The summed E-state index contributed by atoms with van der Waals surface area (Å²) in [4.78, 5) is 105. The highest BCUT2D eigenvalue weighted by Crippen LogP contribution is 2.34. The molecule has 78 heavy (non-hydrogen) atoms. The Morgan fingerprint density at radius 1 is 0.667 bits per heavy atom. The molecule has 2 aliphatic heterocycles. The SMILES string of the molecule is CN[C@@H](C)C(=O)N[C@H](C(=O)N1CC(NC(=O)c2ccc(CN(Cc3cccc(Cl)c3Cl)C(=O)[C@@H]3Cc4ccccc4CN3C(=O)[C@@H](NC(=O)[C@H](C)NC)C(C)(C)C)cc2)C[C@H]1C(=O)NC1CCCc2ccccc21)C(C)(C)C. The van der Waals surface area contributed by atoms with E-state index in [0.29, 0.717) is 21.7 Å². The standard InChI is InChI=1S/C60H77Cl2N9O7/c1-35(63-9)52(72)67-50(59(3,4)5)57(77)70-33-41-19-12-11-18-40(41)29-48(70)56(76)69(32-42-21-15-23-45(61)49(42)62)31-37-25-27-39(28-26-37)54(74)65-43-30-47(55(75)66-46-24-16-20-38-17-13-14-22-44(38)46)71(34-43)58(78)51(60(6,7)8)68-53(73)36(2)64-10/h11-15,17-19,21-23,25-28,35-36,43,46-48,50-51,63-64H,16,20,24,29-34H2,1-10H3,(H,65,74)(H,66,75)(H,67,72)(H,68,73)/t35-,36-,43?,46?,47-,48-,50+,51+/m0/s1. The van der Waals surface area contributed by atoms with Crippen LogP contribution in [0.4, 0.5) is 0 Å². The number of likely N-dealkylation sites (N-methyl/N-ethyl adjacent to an activating group) is 2. The maximum Gasteiger partial charge on any atom is 0.251 e. The van der Waals surface area contributed by atoms with Crippen molar-refractivity contribution in [2.45, 2.75) is 155 Å². The molecule has 7 rings (SSSR count). The van der Waals surface area contributed by atoms with E-state index >= 15 is 4.79 Å². The number of halogens is 2. The number of hydrogen-bond acceptors (Lipinski definition) is 9. The van der Waals surface area contributed by atoms with Crippen LogP contribution in [0.25, 0.3) is 0 Å². The van der Waals surface area contributed by atoms with Crippen LogP contribution in [0.1, 0.15) is 124 Å². The highest BCUT2D eigenvalue weighted by atomic mass is 35.5. The number of aryl methyl sites for hydroxylation is 1. The van der Waals surface area contributed by atoms with E-state index in [2.05, 4.69) is 38.0 Å². The van der Waals surface area contributed by atoms with Crippen LogP contribution in [0.2, 0.25) is 10.0 Å². The molecular formula is C60H77Cl2N9O7. The molecule has 7 amide bonds. The summed E-state index contributed by atoms with van der Waals surface area (Å²) in [5.41, 5.74) is 4.16. The fraction of sp³-hybridized carbons (Fsp3) is 0.483. The number of carbonyl (C=O) groups is 7. The van der Waals surface area contributed by atoms with Crippen molar-refractivity contribution in [2.75, 3.05) is 20.6 Å².